The number of hydrogen-bond donors (Lipinski definition) is 0. The molecule has 2 heterocycles. The number of aromatic nitrogens is 3. The van der Waals surface area contributed by atoms with E-state index < -0.39 is 0 Å². The Labute approximate surface area is 91.3 Å². The van der Waals surface area contributed by atoms with Crippen LogP contribution in [0.15, 0.2) is 0 Å². The van der Waals surface area contributed by atoms with Gasteiger partial charge in [0.1, 0.15) is 11.6 Å². The van der Waals surface area contributed by atoms with Gasteiger partial charge in [-0.3, -0.25) is 4.90 Å². The highest BCUT2D eigenvalue weighted by molar-refractivity contribution is 5.02. The Morgan fingerprint density at radius 1 is 1.13 bits per heavy atom. The number of hydrogen-bond acceptors (Lipinski definition) is 3. The smallest absolute Gasteiger partial charge is 0.136 e. The lowest BCUT2D eigenvalue weighted by molar-refractivity contribution is 0.148. The van der Waals surface area contributed by atoms with E-state index in [1.165, 1.54) is 0 Å². The minimum absolute atomic E-state index is 0.457. The van der Waals surface area contributed by atoms with Crippen molar-refractivity contribution in [3.05, 3.63) is 11.6 Å². The molecule has 0 fully saturated rings. The van der Waals surface area contributed by atoms with E-state index in [-0.39, 0.29) is 0 Å². The summed E-state index contributed by atoms with van der Waals surface area (Å²) in [6, 6.07) is 0.598. The molecule has 84 valence electrons. The van der Waals surface area contributed by atoms with Crippen molar-refractivity contribution in [3.63, 3.8) is 0 Å². The molecule has 0 saturated carbocycles. The topological polar surface area (TPSA) is 34.0 Å². The zero-order chi connectivity index (χ0) is 11.0. The van der Waals surface area contributed by atoms with E-state index in [2.05, 4.69) is 47.4 Å². The summed E-state index contributed by atoms with van der Waals surface area (Å²) < 4.78 is 2.27. The summed E-state index contributed by atoms with van der Waals surface area (Å²) in [4.78, 5) is 2.46. The van der Waals surface area contributed by atoms with Gasteiger partial charge in [0.05, 0.1) is 6.67 Å². The molecule has 0 aromatic carbocycles. The lowest BCUT2D eigenvalue weighted by Gasteiger charge is -2.31. The second kappa shape index (κ2) is 3.93. The van der Waals surface area contributed by atoms with Gasteiger partial charge in [0.15, 0.2) is 0 Å². The van der Waals surface area contributed by atoms with Crippen molar-refractivity contribution in [1.82, 2.24) is 19.7 Å². The summed E-state index contributed by atoms with van der Waals surface area (Å²) in [5, 5.41) is 8.54. The van der Waals surface area contributed by atoms with Crippen LogP contribution >= 0.6 is 0 Å². The molecule has 0 atom stereocenters. The molecule has 0 saturated heterocycles. The summed E-state index contributed by atoms with van der Waals surface area (Å²) in [5.41, 5.74) is 0. The van der Waals surface area contributed by atoms with Crippen molar-refractivity contribution in [2.24, 2.45) is 0 Å². The summed E-state index contributed by atoms with van der Waals surface area (Å²) in [6.45, 7) is 10.9. The second-order valence-corrected chi connectivity index (χ2v) is 4.85. The molecule has 0 amide bonds. The molecule has 4 heteroatoms. The van der Waals surface area contributed by atoms with Gasteiger partial charge in [0.25, 0.3) is 0 Å². The lowest BCUT2D eigenvalue weighted by Crippen LogP contribution is -2.39. The van der Waals surface area contributed by atoms with Gasteiger partial charge in [-0.2, -0.15) is 0 Å². The van der Waals surface area contributed by atoms with E-state index in [0.717, 1.165) is 31.3 Å². The molecule has 2 rings (SSSR count). The second-order valence-electron chi connectivity index (χ2n) is 4.85. The van der Waals surface area contributed by atoms with Crippen LogP contribution in [-0.2, 0) is 13.1 Å². The van der Waals surface area contributed by atoms with E-state index in [0.29, 0.717) is 12.0 Å². The van der Waals surface area contributed by atoms with Crippen molar-refractivity contribution < 1.29 is 0 Å². The Morgan fingerprint density at radius 3 is 2.47 bits per heavy atom. The summed E-state index contributed by atoms with van der Waals surface area (Å²) in [6.07, 6.45) is 1.03. The maximum Gasteiger partial charge on any atom is 0.136 e. The molecule has 1 aliphatic heterocycles. The fraction of sp³-hybridized carbons (Fsp3) is 0.818. The van der Waals surface area contributed by atoms with Gasteiger partial charge in [-0.05, 0) is 13.8 Å². The van der Waals surface area contributed by atoms with Crippen molar-refractivity contribution in [2.75, 3.05) is 6.54 Å². The highest BCUT2D eigenvalue weighted by Crippen LogP contribution is 2.19. The van der Waals surface area contributed by atoms with Crippen molar-refractivity contribution in [3.8, 4) is 0 Å². The summed E-state index contributed by atoms with van der Waals surface area (Å²) in [5.74, 6) is 2.73. The molecule has 0 aliphatic carbocycles. The standard InChI is InChI=1S/C11H20N4/c1-8(2)11-13-12-10-5-6-14(9(3)4)7-15(10)11/h8-9H,5-7H2,1-4H3. The van der Waals surface area contributed by atoms with Crippen LogP contribution in [0.2, 0.25) is 0 Å². The van der Waals surface area contributed by atoms with Crippen molar-refractivity contribution in [2.45, 2.75) is 52.7 Å². The van der Waals surface area contributed by atoms with Gasteiger partial charge >= 0.3 is 0 Å². The summed E-state index contributed by atoms with van der Waals surface area (Å²) >= 11 is 0. The Hall–Kier alpha value is -0.900. The third-order valence-electron chi connectivity index (χ3n) is 3.05. The van der Waals surface area contributed by atoms with E-state index >= 15 is 0 Å². The van der Waals surface area contributed by atoms with Crippen molar-refractivity contribution in [1.29, 1.82) is 0 Å². The molecule has 0 radical (unpaired) electrons. The minimum Gasteiger partial charge on any atom is -0.301 e. The molecular formula is C11H20N4. The van der Waals surface area contributed by atoms with Crippen LogP contribution < -0.4 is 0 Å². The average molecular weight is 208 g/mol. The maximum absolute atomic E-state index is 4.28. The SMILES string of the molecule is CC(C)c1nnc2n1CN(C(C)C)CC2. The van der Waals surface area contributed by atoms with Crippen LogP contribution in [0.5, 0.6) is 0 Å². The van der Waals surface area contributed by atoms with Gasteiger partial charge in [0.2, 0.25) is 0 Å². The first-order chi connectivity index (χ1) is 7.09. The molecule has 0 N–H and O–H groups in total. The fourth-order valence-corrected chi connectivity index (χ4v) is 2.03. The molecule has 1 aliphatic rings. The van der Waals surface area contributed by atoms with Gasteiger partial charge in [-0.1, -0.05) is 13.8 Å². The first kappa shape index (κ1) is 10.6. The zero-order valence-electron chi connectivity index (χ0n) is 10.1. The van der Waals surface area contributed by atoms with E-state index in [1.54, 1.807) is 0 Å². The van der Waals surface area contributed by atoms with Crippen LogP contribution in [0.3, 0.4) is 0 Å². The molecule has 1 aromatic rings. The number of fused-ring (bicyclic) bond motifs is 1. The highest BCUT2D eigenvalue weighted by atomic mass is 15.4. The predicted octanol–water partition coefficient (Wildman–Crippen LogP) is 1.63. The Kier molecular flexibility index (Phi) is 2.78. The highest BCUT2D eigenvalue weighted by Gasteiger charge is 2.23. The molecule has 1 aromatic heterocycles. The summed E-state index contributed by atoms with van der Waals surface area (Å²) in [7, 11) is 0. The largest absolute Gasteiger partial charge is 0.301 e. The predicted molar refractivity (Wildman–Crippen MR) is 59.7 cm³/mol. The maximum atomic E-state index is 4.28. The van der Waals surface area contributed by atoms with Crippen LogP contribution in [0.1, 0.15) is 45.3 Å². The Morgan fingerprint density at radius 2 is 1.87 bits per heavy atom. The lowest BCUT2D eigenvalue weighted by atomic mass is 10.2. The Bertz CT molecular complexity index is 340. The molecule has 0 bridgehead atoms. The van der Waals surface area contributed by atoms with Gasteiger partial charge in [0, 0.05) is 24.9 Å². The first-order valence-electron chi connectivity index (χ1n) is 5.75. The van der Waals surface area contributed by atoms with Crippen LogP contribution in [0, 0.1) is 0 Å². The van der Waals surface area contributed by atoms with Crippen LogP contribution in [-0.4, -0.2) is 32.3 Å². The van der Waals surface area contributed by atoms with Gasteiger partial charge < -0.3 is 4.57 Å². The molecule has 0 unspecified atom stereocenters. The average Bonchev–Trinajstić information content (AvgIpc) is 2.59. The zero-order valence-corrected chi connectivity index (χ0v) is 10.1. The van der Waals surface area contributed by atoms with E-state index in [4.69, 9.17) is 0 Å². The quantitative estimate of drug-likeness (QED) is 0.740. The number of rotatable bonds is 2. The molecule has 0 spiro atoms. The van der Waals surface area contributed by atoms with E-state index in [1.807, 2.05) is 0 Å². The van der Waals surface area contributed by atoms with E-state index in [9.17, 15) is 0 Å². The minimum atomic E-state index is 0.457. The van der Waals surface area contributed by atoms with Crippen LogP contribution in [0.4, 0.5) is 0 Å². The molecule has 15 heavy (non-hydrogen) atoms. The van der Waals surface area contributed by atoms with Gasteiger partial charge in [-0.25, -0.2) is 0 Å². The Balaban J connectivity index is 2.26. The first-order valence-corrected chi connectivity index (χ1v) is 5.75. The number of nitrogens with zero attached hydrogens (tertiary/aromatic N) is 4. The molecule has 4 nitrogen and oxygen atoms in total. The van der Waals surface area contributed by atoms with Crippen LogP contribution in [0.25, 0.3) is 0 Å². The van der Waals surface area contributed by atoms with Crippen molar-refractivity contribution >= 4 is 0 Å². The molecular weight excluding hydrogens is 188 g/mol. The van der Waals surface area contributed by atoms with Gasteiger partial charge in [-0.15, -0.1) is 10.2 Å². The third kappa shape index (κ3) is 1.91. The normalized spacial score (nSPS) is 17.5. The monoisotopic (exact) mass is 208 g/mol. The fourth-order valence-electron chi connectivity index (χ4n) is 2.03. The third-order valence-corrected chi connectivity index (χ3v) is 3.05.